The molecular formula is C27H34N6O5. The topological polar surface area (TPSA) is 178 Å². The van der Waals surface area contributed by atoms with Crippen LogP contribution in [0.4, 0.5) is 17.3 Å². The van der Waals surface area contributed by atoms with Gasteiger partial charge >= 0.3 is 0 Å². The first kappa shape index (κ1) is 29.8. The van der Waals surface area contributed by atoms with E-state index in [1.165, 1.54) is 7.11 Å². The second-order valence-electron chi connectivity index (χ2n) is 7.59. The first-order valence-corrected chi connectivity index (χ1v) is 11.4. The summed E-state index contributed by atoms with van der Waals surface area (Å²) < 4.78 is 11.3. The summed E-state index contributed by atoms with van der Waals surface area (Å²) in [6.07, 6.45) is 1.57. The zero-order chi connectivity index (χ0) is 26.6. The number of rotatable bonds is 9. The number of nitrogens with one attached hydrogen (secondary N) is 2. The van der Waals surface area contributed by atoms with Gasteiger partial charge in [-0.25, -0.2) is 4.98 Å². The number of ether oxygens (including phenoxy) is 2. The highest BCUT2D eigenvalue weighted by molar-refractivity contribution is 5.97. The van der Waals surface area contributed by atoms with E-state index in [2.05, 4.69) is 20.6 Å². The van der Waals surface area contributed by atoms with Gasteiger partial charge in [0.25, 0.3) is 5.91 Å². The molecule has 0 radical (unpaired) electrons. The Hall–Kier alpha value is -4.45. The molecule has 11 nitrogen and oxygen atoms in total. The zero-order valence-electron chi connectivity index (χ0n) is 20.3. The number of carbonyl (C=O) groups excluding carboxylic acids is 1. The van der Waals surface area contributed by atoms with E-state index in [1.807, 2.05) is 24.3 Å². The fourth-order valence-electron chi connectivity index (χ4n) is 3.28. The summed E-state index contributed by atoms with van der Waals surface area (Å²) >= 11 is 0. The van der Waals surface area contributed by atoms with Crippen LogP contribution in [0.3, 0.4) is 0 Å². The highest BCUT2D eigenvalue weighted by atomic mass is 16.5. The molecule has 0 saturated heterocycles. The van der Waals surface area contributed by atoms with Gasteiger partial charge in [0, 0.05) is 59.1 Å². The van der Waals surface area contributed by atoms with Crippen molar-refractivity contribution in [1.82, 2.24) is 15.3 Å². The minimum Gasteiger partial charge on any atom is -0.497 e. The van der Waals surface area contributed by atoms with Gasteiger partial charge in [0.05, 0.1) is 20.3 Å². The second kappa shape index (κ2) is 15.0. The average molecular weight is 523 g/mol. The van der Waals surface area contributed by atoms with Crippen molar-refractivity contribution >= 4 is 34.0 Å². The Balaban J connectivity index is 0.000000947. The monoisotopic (exact) mass is 522 g/mol. The maximum absolute atomic E-state index is 12.3. The summed E-state index contributed by atoms with van der Waals surface area (Å²) in [4.78, 5) is 21.0. The fraction of sp³-hybridized carbons (Fsp3) is 0.222. The molecule has 1 amide bonds. The molecule has 202 valence electrons. The van der Waals surface area contributed by atoms with E-state index in [-0.39, 0.29) is 39.0 Å². The van der Waals surface area contributed by atoms with Crippen molar-refractivity contribution in [3.05, 3.63) is 72.4 Å². The molecule has 3 aromatic carbocycles. The summed E-state index contributed by atoms with van der Waals surface area (Å²) in [6.45, 7) is 0.478. The van der Waals surface area contributed by atoms with Crippen LogP contribution in [-0.2, 0) is 0 Å². The Morgan fingerprint density at radius 2 is 1.76 bits per heavy atom. The second-order valence-corrected chi connectivity index (χ2v) is 7.59. The maximum Gasteiger partial charge on any atom is 0.251 e. The molecule has 0 fully saturated rings. The number of fused-ring (bicyclic) bond motifs is 1. The highest BCUT2D eigenvalue weighted by Crippen LogP contribution is 2.33. The standard InChI is InChI=1S/C24H23N5O4.C2H7NO.CH4/c1-32-17-13-15(23(31)26-10-11-30)12-16(14-17)28-24-27-9-8-22(29-24)33-21-7-6-20(25)18-4-2-3-5-19(18)21;3-1-2-4;/h2-9,12-14,30H,10-11,25H2,1H3,(H,26,31)(H,27,28,29);4H,1-3H2;1H4. The largest absolute Gasteiger partial charge is 0.497 e. The van der Waals surface area contributed by atoms with Gasteiger partial charge in [-0.3, -0.25) is 4.79 Å². The molecule has 0 bridgehead atoms. The molecule has 0 spiro atoms. The van der Waals surface area contributed by atoms with Gasteiger partial charge in [-0.15, -0.1) is 0 Å². The Kier molecular flexibility index (Phi) is 11.7. The predicted molar refractivity (Wildman–Crippen MR) is 149 cm³/mol. The number of hydrogen-bond acceptors (Lipinski definition) is 10. The van der Waals surface area contributed by atoms with Gasteiger partial charge in [0.1, 0.15) is 11.5 Å². The van der Waals surface area contributed by atoms with Crippen LogP contribution in [0.5, 0.6) is 17.4 Å². The lowest BCUT2D eigenvalue weighted by molar-refractivity contribution is 0.0944. The number of hydrogen-bond donors (Lipinski definition) is 6. The molecule has 0 aliphatic rings. The molecule has 0 aliphatic heterocycles. The van der Waals surface area contributed by atoms with Crippen LogP contribution in [0.25, 0.3) is 10.8 Å². The summed E-state index contributed by atoms with van der Waals surface area (Å²) in [5.74, 6) is 1.39. The van der Waals surface area contributed by atoms with Gasteiger partial charge in [-0.1, -0.05) is 31.7 Å². The SMILES string of the molecule is C.COc1cc(Nc2nccc(Oc3ccc(N)c4ccccc34)n2)cc(C(=O)NCCO)c1.NCCO. The molecule has 11 heteroatoms. The van der Waals surface area contributed by atoms with Crippen molar-refractivity contribution in [2.24, 2.45) is 5.73 Å². The van der Waals surface area contributed by atoms with Crippen LogP contribution in [0.15, 0.2) is 66.9 Å². The van der Waals surface area contributed by atoms with E-state index >= 15 is 0 Å². The van der Waals surface area contributed by atoms with E-state index in [0.717, 1.165) is 10.8 Å². The quantitative estimate of drug-likeness (QED) is 0.179. The number of carbonyl (C=O) groups is 1. The minimum atomic E-state index is -0.334. The van der Waals surface area contributed by atoms with Gasteiger partial charge in [-0.2, -0.15) is 4.98 Å². The zero-order valence-corrected chi connectivity index (χ0v) is 20.3. The number of aliphatic hydroxyl groups is 2. The number of nitrogens with two attached hydrogens (primary N) is 2. The van der Waals surface area contributed by atoms with Gasteiger partial charge in [-0.05, 0) is 24.3 Å². The molecule has 0 unspecified atom stereocenters. The van der Waals surface area contributed by atoms with Crippen molar-refractivity contribution in [2.45, 2.75) is 7.43 Å². The number of aromatic nitrogens is 2. The Bertz CT molecular complexity index is 1330. The molecule has 4 rings (SSSR count). The first-order valence-electron chi connectivity index (χ1n) is 11.4. The van der Waals surface area contributed by atoms with E-state index in [9.17, 15) is 4.79 Å². The third kappa shape index (κ3) is 8.03. The Morgan fingerprint density at radius 3 is 2.45 bits per heavy atom. The summed E-state index contributed by atoms with van der Waals surface area (Å²) in [5.41, 5.74) is 12.4. The molecule has 8 N–H and O–H groups in total. The molecule has 38 heavy (non-hydrogen) atoms. The van der Waals surface area contributed by atoms with E-state index in [0.29, 0.717) is 40.9 Å². The normalized spacial score (nSPS) is 10.0. The van der Waals surface area contributed by atoms with E-state index in [4.69, 9.17) is 31.2 Å². The van der Waals surface area contributed by atoms with Gasteiger partial charge < -0.3 is 41.8 Å². The van der Waals surface area contributed by atoms with Crippen LogP contribution < -0.4 is 31.6 Å². The van der Waals surface area contributed by atoms with Gasteiger partial charge in [0.15, 0.2) is 0 Å². The first-order chi connectivity index (χ1) is 18.0. The Labute approximate surface area is 221 Å². The molecule has 0 atom stereocenters. The number of aliphatic hydroxyl groups excluding tert-OH is 2. The number of amides is 1. The summed E-state index contributed by atoms with van der Waals surface area (Å²) in [5, 5.41) is 24.1. The number of nitrogen functional groups attached to an aromatic ring is 1. The van der Waals surface area contributed by atoms with Crippen LogP contribution >= 0.6 is 0 Å². The van der Waals surface area contributed by atoms with Crippen LogP contribution in [0, 0.1) is 0 Å². The van der Waals surface area contributed by atoms with Crippen molar-refractivity contribution in [3.8, 4) is 17.4 Å². The minimum absolute atomic E-state index is 0. The van der Waals surface area contributed by atoms with Gasteiger partial charge in [0.2, 0.25) is 11.8 Å². The molecule has 0 saturated carbocycles. The fourth-order valence-corrected chi connectivity index (χ4v) is 3.28. The molecule has 0 aliphatic carbocycles. The van der Waals surface area contributed by atoms with Crippen molar-refractivity contribution in [3.63, 3.8) is 0 Å². The van der Waals surface area contributed by atoms with Crippen LogP contribution in [0.2, 0.25) is 0 Å². The molecule has 1 heterocycles. The smallest absolute Gasteiger partial charge is 0.251 e. The maximum atomic E-state index is 12.3. The van der Waals surface area contributed by atoms with Crippen LogP contribution in [-0.4, -0.2) is 59.5 Å². The van der Waals surface area contributed by atoms with Crippen molar-refractivity contribution in [2.75, 3.05) is 44.5 Å². The van der Waals surface area contributed by atoms with E-state index in [1.54, 1.807) is 42.6 Å². The average Bonchev–Trinajstić information content (AvgIpc) is 2.93. The summed E-state index contributed by atoms with van der Waals surface area (Å²) in [7, 11) is 1.51. The predicted octanol–water partition coefficient (Wildman–Crippen LogP) is 3.05. The lowest BCUT2D eigenvalue weighted by Crippen LogP contribution is -2.26. The van der Waals surface area contributed by atoms with Crippen molar-refractivity contribution in [1.29, 1.82) is 0 Å². The lowest BCUT2D eigenvalue weighted by Gasteiger charge is -2.12. The molecule has 4 aromatic rings. The lowest BCUT2D eigenvalue weighted by atomic mass is 10.1. The summed E-state index contributed by atoms with van der Waals surface area (Å²) in [6, 6.07) is 17.9. The number of benzene rings is 3. The van der Waals surface area contributed by atoms with E-state index < -0.39 is 0 Å². The Morgan fingerprint density at radius 1 is 1.03 bits per heavy atom. The third-order valence-corrected chi connectivity index (χ3v) is 4.95. The number of nitrogens with zero attached hydrogens (tertiary/aromatic N) is 2. The molecular weight excluding hydrogens is 488 g/mol. The third-order valence-electron chi connectivity index (χ3n) is 4.95. The number of anilines is 3. The highest BCUT2D eigenvalue weighted by Gasteiger charge is 2.11. The van der Waals surface area contributed by atoms with Crippen LogP contribution in [0.1, 0.15) is 17.8 Å². The van der Waals surface area contributed by atoms with Crippen molar-refractivity contribution < 1.29 is 24.5 Å². The molecule has 1 aromatic heterocycles. The number of methoxy groups -OCH3 is 1.